The van der Waals surface area contributed by atoms with E-state index in [2.05, 4.69) is 5.32 Å². The van der Waals surface area contributed by atoms with Crippen LogP contribution in [0.2, 0.25) is 5.02 Å². The van der Waals surface area contributed by atoms with Gasteiger partial charge in [0.15, 0.2) is 5.60 Å². The number of benzene rings is 1. The van der Waals surface area contributed by atoms with Crippen molar-refractivity contribution in [3.8, 4) is 5.75 Å². The summed E-state index contributed by atoms with van der Waals surface area (Å²) >= 11 is 7.43. The van der Waals surface area contributed by atoms with Gasteiger partial charge in [0, 0.05) is 11.6 Å². The van der Waals surface area contributed by atoms with E-state index < -0.39 is 5.60 Å². The highest BCUT2D eigenvalue weighted by atomic mass is 35.5. The third-order valence-electron chi connectivity index (χ3n) is 2.77. The fourth-order valence-corrected chi connectivity index (χ4v) is 2.43. The van der Waals surface area contributed by atoms with Crippen LogP contribution in [0.15, 0.2) is 41.1 Å². The molecule has 0 atom stereocenters. The van der Waals surface area contributed by atoms with Crippen LogP contribution in [0.4, 0.5) is 0 Å². The van der Waals surface area contributed by atoms with Crippen LogP contribution in [0.5, 0.6) is 5.75 Å². The minimum Gasteiger partial charge on any atom is -0.478 e. The minimum atomic E-state index is -0.941. The Balaban J connectivity index is 1.94. The number of ether oxygens (including phenoxy) is 1. The maximum absolute atomic E-state index is 12.2. The van der Waals surface area contributed by atoms with Crippen molar-refractivity contribution < 1.29 is 9.53 Å². The topological polar surface area (TPSA) is 38.3 Å². The third-order valence-corrected chi connectivity index (χ3v) is 3.75. The van der Waals surface area contributed by atoms with E-state index in [0.717, 1.165) is 5.56 Å². The zero-order chi connectivity index (χ0) is 14.6. The van der Waals surface area contributed by atoms with Gasteiger partial charge in [0.25, 0.3) is 5.91 Å². The average Bonchev–Trinajstić information content (AvgIpc) is 2.91. The van der Waals surface area contributed by atoms with Crippen LogP contribution < -0.4 is 10.1 Å². The van der Waals surface area contributed by atoms with E-state index >= 15 is 0 Å². The number of hydrogen-bond acceptors (Lipinski definition) is 3. The molecule has 3 nitrogen and oxygen atoms in total. The lowest BCUT2D eigenvalue weighted by atomic mass is 10.1. The molecular formula is C15H16ClNO2S. The van der Waals surface area contributed by atoms with Crippen molar-refractivity contribution >= 4 is 28.8 Å². The minimum absolute atomic E-state index is 0.154. The first kappa shape index (κ1) is 14.9. The summed E-state index contributed by atoms with van der Waals surface area (Å²) in [5, 5.41) is 7.50. The molecule has 0 saturated carbocycles. The summed E-state index contributed by atoms with van der Waals surface area (Å²) in [6.07, 6.45) is 0. The van der Waals surface area contributed by atoms with Gasteiger partial charge in [-0.05, 0) is 60.5 Å². The number of thiophene rings is 1. The van der Waals surface area contributed by atoms with Crippen molar-refractivity contribution in [3.05, 3.63) is 51.7 Å². The molecule has 5 heteroatoms. The highest BCUT2D eigenvalue weighted by Gasteiger charge is 2.29. The summed E-state index contributed by atoms with van der Waals surface area (Å²) in [6.45, 7) is 3.99. The zero-order valence-electron chi connectivity index (χ0n) is 11.4. The largest absolute Gasteiger partial charge is 0.478 e. The van der Waals surface area contributed by atoms with Crippen LogP contribution in [-0.4, -0.2) is 11.5 Å². The molecule has 1 aromatic carbocycles. The highest BCUT2D eigenvalue weighted by molar-refractivity contribution is 7.07. The van der Waals surface area contributed by atoms with Gasteiger partial charge in [-0.3, -0.25) is 4.79 Å². The molecule has 106 valence electrons. The van der Waals surface area contributed by atoms with Gasteiger partial charge in [0.05, 0.1) is 0 Å². The van der Waals surface area contributed by atoms with Crippen LogP contribution in [0, 0.1) is 0 Å². The first-order valence-corrected chi connectivity index (χ1v) is 7.53. The van der Waals surface area contributed by atoms with E-state index in [1.165, 1.54) is 0 Å². The SMILES string of the molecule is CC(C)(Oc1ccc(Cl)cc1)C(=O)NCc1ccsc1. The molecule has 2 rings (SSSR count). The second-order valence-corrected chi connectivity index (χ2v) is 6.10. The second kappa shape index (κ2) is 6.29. The molecule has 0 spiro atoms. The van der Waals surface area contributed by atoms with E-state index in [1.54, 1.807) is 49.4 Å². The van der Waals surface area contributed by atoms with E-state index in [4.69, 9.17) is 16.3 Å². The third kappa shape index (κ3) is 3.99. The number of hydrogen-bond donors (Lipinski definition) is 1. The molecule has 1 aromatic heterocycles. The van der Waals surface area contributed by atoms with E-state index in [-0.39, 0.29) is 5.91 Å². The molecule has 0 aliphatic carbocycles. The Labute approximate surface area is 127 Å². The van der Waals surface area contributed by atoms with Gasteiger partial charge in [-0.25, -0.2) is 0 Å². The van der Waals surface area contributed by atoms with Crippen molar-refractivity contribution in [1.29, 1.82) is 0 Å². The summed E-state index contributed by atoms with van der Waals surface area (Å²) in [5.74, 6) is 0.462. The van der Waals surface area contributed by atoms with Crippen LogP contribution in [0.3, 0.4) is 0 Å². The van der Waals surface area contributed by atoms with Crippen LogP contribution in [-0.2, 0) is 11.3 Å². The van der Waals surface area contributed by atoms with Crippen LogP contribution in [0.25, 0.3) is 0 Å². The molecular weight excluding hydrogens is 294 g/mol. The van der Waals surface area contributed by atoms with Gasteiger partial charge in [-0.2, -0.15) is 11.3 Å². The molecule has 1 N–H and O–H groups in total. The van der Waals surface area contributed by atoms with Gasteiger partial charge in [0.2, 0.25) is 0 Å². The Morgan fingerprint density at radius 3 is 2.60 bits per heavy atom. The Bertz CT molecular complexity index is 564. The molecule has 0 aliphatic rings. The molecule has 0 unspecified atom stereocenters. The summed E-state index contributed by atoms with van der Waals surface area (Å²) in [7, 11) is 0. The Hall–Kier alpha value is -1.52. The number of carbonyl (C=O) groups excluding carboxylic acids is 1. The molecule has 1 amide bonds. The van der Waals surface area contributed by atoms with Crippen LogP contribution in [0.1, 0.15) is 19.4 Å². The number of rotatable bonds is 5. The van der Waals surface area contributed by atoms with Crippen molar-refractivity contribution in [2.24, 2.45) is 0 Å². The predicted molar refractivity (Wildman–Crippen MR) is 82.3 cm³/mol. The number of amides is 1. The first-order valence-electron chi connectivity index (χ1n) is 6.21. The number of halogens is 1. The standard InChI is InChI=1S/C15H16ClNO2S/c1-15(2,19-13-5-3-12(16)4-6-13)14(18)17-9-11-7-8-20-10-11/h3-8,10H,9H2,1-2H3,(H,17,18). The highest BCUT2D eigenvalue weighted by Crippen LogP contribution is 2.21. The lowest BCUT2D eigenvalue weighted by Gasteiger charge is -2.25. The summed E-state index contributed by atoms with van der Waals surface area (Å²) in [6, 6.07) is 8.94. The van der Waals surface area contributed by atoms with E-state index in [0.29, 0.717) is 17.3 Å². The Kier molecular flexibility index (Phi) is 4.68. The van der Waals surface area contributed by atoms with Gasteiger partial charge in [-0.15, -0.1) is 0 Å². The molecule has 0 radical (unpaired) electrons. The monoisotopic (exact) mass is 309 g/mol. The molecule has 0 fully saturated rings. The maximum atomic E-state index is 12.2. The number of carbonyl (C=O) groups is 1. The quantitative estimate of drug-likeness (QED) is 0.910. The molecule has 0 saturated heterocycles. The summed E-state index contributed by atoms with van der Waals surface area (Å²) in [4.78, 5) is 12.2. The van der Waals surface area contributed by atoms with E-state index in [9.17, 15) is 4.79 Å². The predicted octanol–water partition coefficient (Wildman–Crippen LogP) is 3.88. The Morgan fingerprint density at radius 2 is 2.00 bits per heavy atom. The summed E-state index contributed by atoms with van der Waals surface area (Å²) in [5.41, 5.74) is 0.148. The molecule has 0 bridgehead atoms. The molecule has 0 aliphatic heterocycles. The van der Waals surface area contributed by atoms with Gasteiger partial charge in [-0.1, -0.05) is 11.6 Å². The fraction of sp³-hybridized carbons (Fsp3) is 0.267. The maximum Gasteiger partial charge on any atom is 0.263 e. The normalized spacial score (nSPS) is 11.2. The molecule has 2 aromatic rings. The molecule has 1 heterocycles. The summed E-state index contributed by atoms with van der Waals surface area (Å²) < 4.78 is 5.72. The van der Waals surface area contributed by atoms with Crippen molar-refractivity contribution in [1.82, 2.24) is 5.32 Å². The van der Waals surface area contributed by atoms with Gasteiger partial charge >= 0.3 is 0 Å². The lowest BCUT2D eigenvalue weighted by molar-refractivity contribution is -0.134. The van der Waals surface area contributed by atoms with Crippen molar-refractivity contribution in [2.75, 3.05) is 0 Å². The fourth-order valence-electron chi connectivity index (χ4n) is 1.63. The van der Waals surface area contributed by atoms with Crippen molar-refractivity contribution in [3.63, 3.8) is 0 Å². The van der Waals surface area contributed by atoms with Gasteiger partial charge in [0.1, 0.15) is 5.75 Å². The second-order valence-electron chi connectivity index (χ2n) is 4.88. The van der Waals surface area contributed by atoms with E-state index in [1.807, 2.05) is 16.8 Å². The smallest absolute Gasteiger partial charge is 0.263 e. The van der Waals surface area contributed by atoms with Gasteiger partial charge < -0.3 is 10.1 Å². The first-order chi connectivity index (χ1) is 9.47. The lowest BCUT2D eigenvalue weighted by Crippen LogP contribution is -2.46. The Morgan fingerprint density at radius 1 is 1.30 bits per heavy atom. The average molecular weight is 310 g/mol. The zero-order valence-corrected chi connectivity index (χ0v) is 12.9. The number of nitrogens with one attached hydrogen (secondary N) is 1. The molecule has 20 heavy (non-hydrogen) atoms. The van der Waals surface area contributed by atoms with Crippen LogP contribution >= 0.6 is 22.9 Å². The van der Waals surface area contributed by atoms with Crippen molar-refractivity contribution in [2.45, 2.75) is 26.0 Å².